The van der Waals surface area contributed by atoms with Crippen molar-refractivity contribution in [3.8, 4) is 11.5 Å². The van der Waals surface area contributed by atoms with Crippen LogP contribution in [0.15, 0.2) is 54.6 Å². The summed E-state index contributed by atoms with van der Waals surface area (Å²) in [4.78, 5) is 31.3. The maximum absolute atomic E-state index is 13.6. The van der Waals surface area contributed by atoms with Crippen LogP contribution < -0.4 is 10.1 Å². The Morgan fingerprint density at radius 3 is 2.23 bits per heavy atom. The Kier molecular flexibility index (Phi) is 11.3. The van der Waals surface area contributed by atoms with Crippen LogP contribution in [0.1, 0.15) is 56.9 Å². The quantitative estimate of drug-likeness (QED) is 0.413. The minimum absolute atomic E-state index is 0. The fourth-order valence-electron chi connectivity index (χ4n) is 6.59. The molecule has 7 nitrogen and oxygen atoms in total. The van der Waals surface area contributed by atoms with E-state index in [9.17, 15) is 9.59 Å². The lowest BCUT2D eigenvalue weighted by atomic mass is 9.82. The summed E-state index contributed by atoms with van der Waals surface area (Å²) in [6.07, 6.45) is 8.67. The van der Waals surface area contributed by atoms with Crippen LogP contribution in [0.3, 0.4) is 0 Å². The molecule has 2 aliphatic heterocycles. The number of nitrogens with one attached hydrogen (secondary N) is 1. The number of hydrogen-bond donors (Lipinski definition) is 1. The Labute approximate surface area is 245 Å². The average Bonchev–Trinajstić information content (AvgIpc) is 2.97. The van der Waals surface area contributed by atoms with Gasteiger partial charge in [-0.2, -0.15) is 0 Å². The Balaban J connectivity index is 0.00000370. The van der Waals surface area contributed by atoms with E-state index in [2.05, 4.69) is 22.3 Å². The highest BCUT2D eigenvalue weighted by Gasteiger charge is 2.45. The van der Waals surface area contributed by atoms with Crippen molar-refractivity contribution in [2.45, 2.75) is 70.0 Å². The molecule has 2 aromatic rings. The number of rotatable bonds is 10. The number of carbonyl (C=O) groups is 2. The normalized spacial score (nSPS) is 23.0. The number of halogens is 1. The third kappa shape index (κ3) is 7.77. The van der Waals surface area contributed by atoms with E-state index in [1.807, 2.05) is 47.4 Å². The third-order valence-corrected chi connectivity index (χ3v) is 8.72. The number of para-hydroxylation sites is 1. The molecule has 0 spiro atoms. The fourth-order valence-corrected chi connectivity index (χ4v) is 6.59. The predicted octanol–water partition coefficient (Wildman–Crippen LogP) is 5.43. The standard InChI is InChI=1S/C32H43N3O4.ClH/c1-38-21-20-35-30(31(36)33-29(32(35)37)22-24-8-4-2-5-9-24)26-16-18-34(19-17-26)23-25-12-14-28(15-13-25)39-27-10-6-3-7-11-27;/h3,6-7,10-15,24,26,29-30H,2,4-5,8-9,16-23H2,1H3,(H,33,36);1H/t29-,30-;/m0./s1. The van der Waals surface area contributed by atoms with Crippen molar-refractivity contribution < 1.29 is 19.1 Å². The van der Waals surface area contributed by atoms with E-state index in [1.165, 1.54) is 37.7 Å². The van der Waals surface area contributed by atoms with Crippen LogP contribution >= 0.6 is 12.4 Å². The van der Waals surface area contributed by atoms with Crippen molar-refractivity contribution in [2.75, 3.05) is 33.4 Å². The largest absolute Gasteiger partial charge is 0.457 e. The molecule has 0 bridgehead atoms. The summed E-state index contributed by atoms with van der Waals surface area (Å²) in [7, 11) is 1.65. The Morgan fingerprint density at radius 2 is 1.55 bits per heavy atom. The second-order valence-electron chi connectivity index (χ2n) is 11.4. The topological polar surface area (TPSA) is 71.1 Å². The number of ether oxygens (including phenoxy) is 2. The number of hydrogen-bond acceptors (Lipinski definition) is 5. The van der Waals surface area contributed by atoms with Crippen molar-refractivity contribution in [3.63, 3.8) is 0 Å². The van der Waals surface area contributed by atoms with Gasteiger partial charge in [-0.3, -0.25) is 14.5 Å². The monoisotopic (exact) mass is 569 g/mol. The fraction of sp³-hybridized carbons (Fsp3) is 0.562. The summed E-state index contributed by atoms with van der Waals surface area (Å²) < 4.78 is 11.2. The molecular formula is C32H44ClN3O4. The maximum Gasteiger partial charge on any atom is 0.245 e. The van der Waals surface area contributed by atoms with E-state index in [0.29, 0.717) is 19.1 Å². The number of nitrogens with zero attached hydrogens (tertiary/aromatic N) is 2. The second kappa shape index (κ2) is 14.9. The van der Waals surface area contributed by atoms with Crippen molar-refractivity contribution in [3.05, 3.63) is 60.2 Å². The van der Waals surface area contributed by atoms with Gasteiger partial charge in [-0.1, -0.05) is 62.4 Å². The van der Waals surface area contributed by atoms with E-state index < -0.39 is 6.04 Å². The first-order chi connectivity index (χ1) is 19.1. The minimum Gasteiger partial charge on any atom is -0.457 e. The zero-order chi connectivity index (χ0) is 27.0. The molecule has 8 heteroatoms. The van der Waals surface area contributed by atoms with Crippen LogP contribution in [-0.4, -0.2) is 67.0 Å². The number of amides is 2. The zero-order valence-corrected chi connectivity index (χ0v) is 24.5. The van der Waals surface area contributed by atoms with Gasteiger partial charge in [-0.15, -0.1) is 12.4 Å². The Hall–Kier alpha value is -2.61. The van der Waals surface area contributed by atoms with Gasteiger partial charge in [0.2, 0.25) is 11.8 Å². The highest BCUT2D eigenvalue weighted by atomic mass is 35.5. The Bertz CT molecular complexity index is 1070. The van der Waals surface area contributed by atoms with Crippen molar-refractivity contribution in [1.82, 2.24) is 15.1 Å². The number of carbonyl (C=O) groups excluding carboxylic acids is 2. The zero-order valence-electron chi connectivity index (χ0n) is 23.6. The number of piperazine rings is 1. The Morgan fingerprint density at radius 1 is 0.875 bits per heavy atom. The molecule has 3 fully saturated rings. The highest BCUT2D eigenvalue weighted by molar-refractivity contribution is 5.97. The molecule has 1 saturated carbocycles. The SMILES string of the molecule is COCCN1C(=O)[C@H](CC2CCCCC2)NC(=O)[C@@H]1C1CCN(Cc2ccc(Oc3ccccc3)cc2)CC1.Cl. The minimum atomic E-state index is -0.396. The molecule has 3 aliphatic rings. The van der Waals surface area contributed by atoms with E-state index in [4.69, 9.17) is 9.47 Å². The van der Waals surface area contributed by atoms with Gasteiger partial charge in [0.05, 0.1) is 6.61 Å². The molecule has 5 rings (SSSR count). The van der Waals surface area contributed by atoms with Crippen molar-refractivity contribution >= 4 is 24.2 Å². The summed E-state index contributed by atoms with van der Waals surface area (Å²) in [5.74, 6) is 2.48. The number of methoxy groups -OCH3 is 1. The molecule has 0 aromatic heterocycles. The summed E-state index contributed by atoms with van der Waals surface area (Å²) in [6, 6.07) is 17.3. The molecule has 1 aliphatic carbocycles. The van der Waals surface area contributed by atoms with Crippen LogP contribution in [0.5, 0.6) is 11.5 Å². The lowest BCUT2D eigenvalue weighted by molar-refractivity contribution is -0.153. The first-order valence-electron chi connectivity index (χ1n) is 14.7. The van der Waals surface area contributed by atoms with Crippen LogP contribution in [0.25, 0.3) is 0 Å². The van der Waals surface area contributed by atoms with Gasteiger partial charge in [-0.25, -0.2) is 0 Å². The van der Waals surface area contributed by atoms with Gasteiger partial charge in [0.1, 0.15) is 23.6 Å². The molecule has 2 aromatic carbocycles. The third-order valence-electron chi connectivity index (χ3n) is 8.72. The molecule has 2 atom stereocenters. The molecule has 0 radical (unpaired) electrons. The first kappa shape index (κ1) is 30.4. The molecule has 2 heterocycles. The highest BCUT2D eigenvalue weighted by Crippen LogP contribution is 2.32. The smallest absolute Gasteiger partial charge is 0.245 e. The van der Waals surface area contributed by atoms with E-state index in [1.54, 1.807) is 7.11 Å². The number of benzene rings is 2. The molecular weight excluding hydrogens is 526 g/mol. The summed E-state index contributed by atoms with van der Waals surface area (Å²) in [6.45, 7) is 3.62. The van der Waals surface area contributed by atoms with Crippen LogP contribution in [0.4, 0.5) is 0 Å². The average molecular weight is 570 g/mol. The van der Waals surface area contributed by atoms with Crippen LogP contribution in [-0.2, 0) is 20.9 Å². The van der Waals surface area contributed by atoms with Crippen molar-refractivity contribution in [1.29, 1.82) is 0 Å². The van der Waals surface area contributed by atoms with Gasteiger partial charge in [0, 0.05) is 20.2 Å². The maximum atomic E-state index is 13.6. The molecule has 40 heavy (non-hydrogen) atoms. The molecule has 0 unspecified atom stereocenters. The molecule has 1 N–H and O–H groups in total. The van der Waals surface area contributed by atoms with E-state index in [-0.39, 0.29) is 36.2 Å². The van der Waals surface area contributed by atoms with Gasteiger partial charge in [0.25, 0.3) is 0 Å². The van der Waals surface area contributed by atoms with Gasteiger partial charge >= 0.3 is 0 Å². The van der Waals surface area contributed by atoms with Gasteiger partial charge in [-0.05, 0) is 74.0 Å². The molecule has 218 valence electrons. The van der Waals surface area contributed by atoms with E-state index >= 15 is 0 Å². The van der Waals surface area contributed by atoms with Crippen molar-refractivity contribution in [2.24, 2.45) is 11.8 Å². The van der Waals surface area contributed by atoms with Crippen LogP contribution in [0.2, 0.25) is 0 Å². The van der Waals surface area contributed by atoms with Gasteiger partial charge in [0.15, 0.2) is 0 Å². The summed E-state index contributed by atoms with van der Waals surface area (Å²) in [5.41, 5.74) is 1.24. The molecule has 2 amide bonds. The summed E-state index contributed by atoms with van der Waals surface area (Å²) in [5, 5.41) is 3.14. The number of piperidine rings is 1. The second-order valence-corrected chi connectivity index (χ2v) is 11.4. The number of likely N-dealkylation sites (tertiary alicyclic amines) is 1. The predicted molar refractivity (Wildman–Crippen MR) is 159 cm³/mol. The van der Waals surface area contributed by atoms with E-state index in [0.717, 1.165) is 50.4 Å². The lowest BCUT2D eigenvalue weighted by Crippen LogP contribution is -2.66. The van der Waals surface area contributed by atoms with Crippen LogP contribution in [0, 0.1) is 11.8 Å². The molecule has 2 saturated heterocycles. The van der Waals surface area contributed by atoms with Gasteiger partial charge < -0.3 is 19.7 Å². The summed E-state index contributed by atoms with van der Waals surface area (Å²) >= 11 is 0. The first-order valence-corrected chi connectivity index (χ1v) is 14.7. The lowest BCUT2D eigenvalue weighted by Gasteiger charge is -2.45.